The van der Waals surface area contributed by atoms with Crippen LogP contribution in [-0.2, 0) is 4.79 Å². The van der Waals surface area contributed by atoms with Crippen LogP contribution in [0.2, 0.25) is 0 Å². The molecule has 10 heteroatoms. The molecule has 3 unspecified atom stereocenters. The quantitative estimate of drug-likeness (QED) is 0.114. The van der Waals surface area contributed by atoms with Crippen molar-refractivity contribution in [2.45, 2.75) is 98.7 Å². The molecule has 0 saturated carbocycles. The van der Waals surface area contributed by atoms with E-state index in [4.69, 9.17) is 0 Å². The van der Waals surface area contributed by atoms with E-state index in [-0.39, 0.29) is 23.4 Å². The molecule has 292 valence electrons. The number of likely N-dealkylation sites (tertiary alicyclic amines) is 1. The van der Waals surface area contributed by atoms with E-state index in [1.54, 1.807) is 18.4 Å². The van der Waals surface area contributed by atoms with Crippen molar-refractivity contribution in [3.05, 3.63) is 75.2 Å². The summed E-state index contributed by atoms with van der Waals surface area (Å²) in [4.78, 5) is 16.4. The number of nitrogens with zero attached hydrogens (tertiary/aromatic N) is 2. The third-order valence-corrected chi connectivity index (χ3v) is 5.72. The summed E-state index contributed by atoms with van der Waals surface area (Å²) in [6.07, 6.45) is 14.3. The Kier molecular flexibility index (Phi) is 51.5. The van der Waals surface area contributed by atoms with Crippen LogP contribution in [0.3, 0.4) is 0 Å². The van der Waals surface area contributed by atoms with Gasteiger partial charge in [0, 0.05) is 12.6 Å². The molecule has 0 spiro atoms. The SMILES string of the molecule is C=CC(NC)C(C)(C)C.C=CC/C(=C/CC)C(CCF)NC(=O)C1CCCN1C.C=CCNC=C.C=CN.CC(C)C.CN(C)C.FCF. The Morgan fingerprint density at radius 2 is 1.51 bits per heavy atom. The topological polar surface area (TPSA) is 85.7 Å². The van der Waals surface area contributed by atoms with Crippen LogP contribution >= 0.6 is 0 Å². The molecule has 1 amide bonds. The van der Waals surface area contributed by atoms with E-state index in [2.05, 4.69) is 107 Å². The average Bonchev–Trinajstić information content (AvgIpc) is 3.42. The van der Waals surface area contributed by atoms with Gasteiger partial charge in [-0.2, -0.15) is 0 Å². The molecular weight excluding hydrogens is 625 g/mol. The molecule has 1 rings (SSSR count). The molecule has 5 N–H and O–H groups in total. The fourth-order valence-electron chi connectivity index (χ4n) is 3.84. The molecule has 0 radical (unpaired) electrons. The number of carbonyl (C=O) groups excluding carboxylic acids is 1. The van der Waals surface area contributed by atoms with E-state index in [1.165, 1.54) is 6.20 Å². The van der Waals surface area contributed by atoms with Crippen molar-refractivity contribution in [2.75, 3.05) is 61.9 Å². The molecule has 0 aromatic rings. The first-order valence-electron chi connectivity index (χ1n) is 17.0. The van der Waals surface area contributed by atoms with Gasteiger partial charge in [-0.15, -0.1) is 19.7 Å². The molecule has 1 aliphatic heterocycles. The number of allylic oxidation sites excluding steroid dienone is 2. The van der Waals surface area contributed by atoms with Gasteiger partial charge in [0.15, 0.2) is 0 Å². The van der Waals surface area contributed by atoms with E-state index < -0.39 is 13.6 Å². The van der Waals surface area contributed by atoms with Crippen LogP contribution in [0.5, 0.6) is 0 Å². The van der Waals surface area contributed by atoms with Crippen molar-refractivity contribution in [3.63, 3.8) is 0 Å². The van der Waals surface area contributed by atoms with Crippen molar-refractivity contribution in [1.29, 1.82) is 0 Å². The molecular formula is C39H79F3N6O. The minimum absolute atomic E-state index is 0.0227. The number of hydrogen-bond donors (Lipinski definition) is 4. The van der Waals surface area contributed by atoms with Gasteiger partial charge in [0.1, 0.15) is 0 Å². The van der Waals surface area contributed by atoms with Crippen LogP contribution in [0.4, 0.5) is 13.2 Å². The summed E-state index contributed by atoms with van der Waals surface area (Å²) in [5, 5.41) is 9.04. The fourth-order valence-corrected chi connectivity index (χ4v) is 3.84. The molecule has 0 bridgehead atoms. The maximum absolute atomic E-state index is 12.8. The van der Waals surface area contributed by atoms with E-state index in [0.29, 0.717) is 18.9 Å². The number of rotatable bonds is 13. The van der Waals surface area contributed by atoms with Crippen LogP contribution in [0.1, 0.15) is 80.6 Å². The standard InChI is InChI=1S/C16H27FN2O.C8H17N.C5H9N.C4H10.C3H9N.C2H5N.CH2F2/c1-4-7-13(8-5-2)14(10-11-17)18-16(20)15-9-6-12-19(15)3;1-6-7(9-5)8(2,3)4;1-3-5-6-4-2;2*1-4(2)3;1-2-3;2-1-3/h4,8,14-15H,1,5-7,9-12H2,2-3H3,(H,18,20);6-7,9H,1H2,2-5H3;3-4,6H,1-2,5H2;4H,1-3H3;1-3H3;2H,1,3H2;1H2/b13-8-;;;;;;. The van der Waals surface area contributed by atoms with Crippen molar-refractivity contribution < 1.29 is 18.0 Å². The Labute approximate surface area is 302 Å². The van der Waals surface area contributed by atoms with E-state index in [9.17, 15) is 18.0 Å². The molecule has 49 heavy (non-hydrogen) atoms. The number of amides is 1. The largest absolute Gasteiger partial charge is 0.405 e. The summed E-state index contributed by atoms with van der Waals surface area (Å²) >= 11 is 0. The predicted molar refractivity (Wildman–Crippen MR) is 214 cm³/mol. The van der Waals surface area contributed by atoms with Crippen molar-refractivity contribution in [3.8, 4) is 0 Å². The number of hydrogen-bond acceptors (Lipinski definition) is 6. The minimum Gasteiger partial charge on any atom is -0.405 e. The van der Waals surface area contributed by atoms with Crippen molar-refractivity contribution in [1.82, 2.24) is 25.8 Å². The third kappa shape index (κ3) is 49.7. The summed E-state index contributed by atoms with van der Waals surface area (Å²) in [7, 11) is 9.92. The monoisotopic (exact) mass is 705 g/mol. The molecule has 1 saturated heterocycles. The van der Waals surface area contributed by atoms with Gasteiger partial charge in [-0.25, -0.2) is 8.78 Å². The Morgan fingerprint density at radius 3 is 1.73 bits per heavy atom. The number of carbonyl (C=O) groups is 1. The van der Waals surface area contributed by atoms with Gasteiger partial charge in [0.25, 0.3) is 0 Å². The molecule has 7 nitrogen and oxygen atoms in total. The van der Waals surface area contributed by atoms with Gasteiger partial charge < -0.3 is 26.6 Å². The first-order valence-corrected chi connectivity index (χ1v) is 17.0. The molecule has 1 fully saturated rings. The number of alkyl halides is 3. The average molecular weight is 705 g/mol. The van der Waals surface area contributed by atoms with Crippen LogP contribution in [0.25, 0.3) is 0 Å². The van der Waals surface area contributed by atoms with Gasteiger partial charge in [0.2, 0.25) is 12.8 Å². The summed E-state index contributed by atoms with van der Waals surface area (Å²) in [5.41, 5.74) is 5.96. The highest BCUT2D eigenvalue weighted by atomic mass is 19.3. The molecule has 0 aliphatic carbocycles. The van der Waals surface area contributed by atoms with E-state index in [1.807, 2.05) is 53.1 Å². The second-order valence-electron chi connectivity index (χ2n) is 13.0. The number of likely N-dealkylation sites (N-methyl/N-ethyl adjacent to an activating group) is 2. The third-order valence-electron chi connectivity index (χ3n) is 5.72. The smallest absolute Gasteiger partial charge is 0.237 e. The van der Waals surface area contributed by atoms with Gasteiger partial charge in [-0.1, -0.05) is 85.9 Å². The van der Waals surface area contributed by atoms with Crippen LogP contribution < -0.4 is 21.7 Å². The normalized spacial score (nSPS) is 14.6. The summed E-state index contributed by atoms with van der Waals surface area (Å²) < 4.78 is 32.0. The number of nitrogens with two attached hydrogens (primary N) is 1. The van der Waals surface area contributed by atoms with E-state index in [0.717, 1.165) is 43.8 Å². The van der Waals surface area contributed by atoms with Crippen molar-refractivity contribution >= 4 is 5.91 Å². The first-order chi connectivity index (χ1) is 22.9. The fraction of sp³-hybridized carbons (Fsp3) is 0.667. The zero-order valence-corrected chi connectivity index (χ0v) is 33.7. The lowest BCUT2D eigenvalue weighted by molar-refractivity contribution is -0.125. The lowest BCUT2D eigenvalue weighted by Gasteiger charge is -2.27. The number of nitrogens with one attached hydrogen (secondary N) is 3. The predicted octanol–water partition coefficient (Wildman–Crippen LogP) is 8.36. The highest BCUT2D eigenvalue weighted by Gasteiger charge is 2.29. The van der Waals surface area contributed by atoms with Gasteiger partial charge in [-0.3, -0.25) is 14.1 Å². The van der Waals surface area contributed by atoms with Crippen LogP contribution in [0.15, 0.2) is 75.2 Å². The molecule has 3 atom stereocenters. The maximum Gasteiger partial charge on any atom is 0.237 e. The molecule has 0 aromatic heterocycles. The summed E-state index contributed by atoms with van der Waals surface area (Å²) in [6.45, 7) is 32.2. The Balaban J connectivity index is -0.000000132. The second kappa shape index (κ2) is 43.2. The zero-order valence-electron chi connectivity index (χ0n) is 33.7. The van der Waals surface area contributed by atoms with Gasteiger partial charge in [-0.05, 0) is 103 Å². The second-order valence-corrected chi connectivity index (χ2v) is 13.0. The maximum atomic E-state index is 12.8. The van der Waals surface area contributed by atoms with Gasteiger partial charge >= 0.3 is 0 Å². The van der Waals surface area contributed by atoms with E-state index >= 15 is 0 Å². The molecule has 0 aromatic carbocycles. The van der Waals surface area contributed by atoms with Crippen LogP contribution in [-0.4, -0.2) is 95.8 Å². The Bertz CT molecular complexity index is 779. The summed E-state index contributed by atoms with van der Waals surface area (Å²) in [5.74, 6) is 0.856. The highest BCUT2D eigenvalue weighted by molar-refractivity contribution is 5.82. The van der Waals surface area contributed by atoms with Crippen LogP contribution in [0, 0.1) is 11.3 Å². The number of halogens is 3. The zero-order chi connectivity index (χ0) is 39.8. The molecule has 1 heterocycles. The lowest BCUT2D eigenvalue weighted by Crippen LogP contribution is -2.46. The van der Waals surface area contributed by atoms with Gasteiger partial charge in [0.05, 0.1) is 18.8 Å². The van der Waals surface area contributed by atoms with Crippen molar-refractivity contribution in [2.24, 2.45) is 17.1 Å². The lowest BCUT2D eigenvalue weighted by atomic mass is 9.87. The minimum atomic E-state index is -1.75. The Morgan fingerprint density at radius 1 is 1.04 bits per heavy atom. The summed E-state index contributed by atoms with van der Waals surface area (Å²) in [6, 6.07) is 0.140. The first kappa shape index (κ1) is 58.4. The Hall–Kier alpha value is -2.82. The highest BCUT2D eigenvalue weighted by Crippen LogP contribution is 2.19. The molecule has 1 aliphatic rings.